The first-order valence-corrected chi connectivity index (χ1v) is 8.18. The van der Waals surface area contributed by atoms with Gasteiger partial charge in [0.15, 0.2) is 0 Å². The van der Waals surface area contributed by atoms with Gasteiger partial charge in [0.2, 0.25) is 5.91 Å². The Hall–Kier alpha value is -3.13. The van der Waals surface area contributed by atoms with Gasteiger partial charge in [0.25, 0.3) is 5.91 Å². The Labute approximate surface area is 146 Å². The van der Waals surface area contributed by atoms with E-state index in [1.54, 1.807) is 29.2 Å². The van der Waals surface area contributed by atoms with Crippen molar-refractivity contribution < 1.29 is 9.59 Å². The van der Waals surface area contributed by atoms with Gasteiger partial charge < -0.3 is 10.2 Å². The fourth-order valence-corrected chi connectivity index (χ4v) is 3.11. The maximum absolute atomic E-state index is 12.7. The summed E-state index contributed by atoms with van der Waals surface area (Å²) in [5.41, 5.74) is 4.02. The Balaban J connectivity index is 1.71. The lowest BCUT2D eigenvalue weighted by Crippen LogP contribution is -2.41. The van der Waals surface area contributed by atoms with Crippen LogP contribution in [0.15, 0.2) is 42.5 Å². The summed E-state index contributed by atoms with van der Waals surface area (Å²) >= 11 is 0. The Morgan fingerprint density at radius 2 is 1.80 bits per heavy atom. The van der Waals surface area contributed by atoms with E-state index >= 15 is 0 Å². The third kappa shape index (κ3) is 3.53. The van der Waals surface area contributed by atoms with Crippen molar-refractivity contribution in [3.63, 3.8) is 0 Å². The molecule has 25 heavy (non-hydrogen) atoms. The van der Waals surface area contributed by atoms with Crippen molar-refractivity contribution in [2.24, 2.45) is 0 Å². The van der Waals surface area contributed by atoms with E-state index in [1.807, 2.05) is 32.0 Å². The summed E-state index contributed by atoms with van der Waals surface area (Å²) in [6, 6.07) is 13.9. The molecule has 0 radical (unpaired) electrons. The zero-order valence-corrected chi connectivity index (χ0v) is 14.2. The summed E-state index contributed by atoms with van der Waals surface area (Å²) in [6.07, 6.45) is 0.577. The number of nitriles is 1. The second-order valence-electron chi connectivity index (χ2n) is 6.34. The average Bonchev–Trinajstić information content (AvgIpc) is 2.95. The second kappa shape index (κ2) is 6.78. The normalized spacial score (nSPS) is 16.6. The Bertz CT molecular complexity index is 845. The first-order valence-electron chi connectivity index (χ1n) is 8.18. The number of nitrogens with zero attached hydrogens (tertiary/aromatic N) is 2. The molecule has 5 heteroatoms. The Kier molecular flexibility index (Phi) is 4.53. The number of aryl methyl sites for hydroxylation is 2. The standard InChI is InChI=1S/C20H19N3O2/c1-13-9-14(2)11-17(10-13)23-8-7-18(20(23)25)22-19(24)16-5-3-15(12-21)4-6-16/h3-6,9-11,18H,7-8H2,1-2H3,(H,22,24). The van der Waals surface area contributed by atoms with E-state index in [-0.39, 0.29) is 11.8 Å². The predicted octanol–water partition coefficient (Wildman–Crippen LogP) is 2.71. The van der Waals surface area contributed by atoms with E-state index in [2.05, 4.69) is 11.4 Å². The fourth-order valence-electron chi connectivity index (χ4n) is 3.11. The average molecular weight is 333 g/mol. The van der Waals surface area contributed by atoms with Crippen LogP contribution in [0.2, 0.25) is 0 Å². The molecule has 2 aromatic carbocycles. The van der Waals surface area contributed by atoms with Gasteiger partial charge in [-0.1, -0.05) is 6.07 Å². The van der Waals surface area contributed by atoms with E-state index in [0.717, 1.165) is 16.8 Å². The third-order valence-electron chi connectivity index (χ3n) is 4.31. The molecule has 126 valence electrons. The molecule has 0 aromatic heterocycles. The van der Waals surface area contributed by atoms with Gasteiger partial charge in [-0.05, 0) is 67.8 Å². The highest BCUT2D eigenvalue weighted by atomic mass is 16.2. The zero-order valence-electron chi connectivity index (χ0n) is 14.2. The molecule has 1 aliphatic heterocycles. The second-order valence-corrected chi connectivity index (χ2v) is 6.34. The van der Waals surface area contributed by atoms with Gasteiger partial charge in [-0.2, -0.15) is 5.26 Å². The molecule has 1 saturated heterocycles. The third-order valence-corrected chi connectivity index (χ3v) is 4.31. The number of hydrogen-bond donors (Lipinski definition) is 1. The minimum atomic E-state index is -0.524. The summed E-state index contributed by atoms with van der Waals surface area (Å²) in [6.45, 7) is 4.59. The molecule has 1 N–H and O–H groups in total. The lowest BCUT2D eigenvalue weighted by Gasteiger charge is -2.18. The number of anilines is 1. The molecule has 0 spiro atoms. The summed E-state index contributed by atoms with van der Waals surface area (Å²) in [4.78, 5) is 26.7. The molecule has 1 atom stereocenters. The number of carbonyl (C=O) groups is 2. The van der Waals surface area contributed by atoms with Crippen molar-refractivity contribution in [3.05, 3.63) is 64.7 Å². The minimum absolute atomic E-state index is 0.0907. The highest BCUT2D eigenvalue weighted by Crippen LogP contribution is 2.24. The first kappa shape index (κ1) is 16.7. The molecular weight excluding hydrogens is 314 g/mol. The van der Waals surface area contributed by atoms with Gasteiger partial charge in [0.05, 0.1) is 11.6 Å². The largest absolute Gasteiger partial charge is 0.340 e. The van der Waals surface area contributed by atoms with Gasteiger partial charge >= 0.3 is 0 Å². The van der Waals surface area contributed by atoms with Gasteiger partial charge in [0, 0.05) is 17.8 Å². The molecule has 0 aliphatic carbocycles. The summed E-state index contributed by atoms with van der Waals surface area (Å²) in [7, 11) is 0. The van der Waals surface area contributed by atoms with Gasteiger partial charge in [0.1, 0.15) is 6.04 Å². The van der Waals surface area contributed by atoms with Gasteiger partial charge in [-0.15, -0.1) is 0 Å². The molecule has 0 saturated carbocycles. The number of hydrogen-bond acceptors (Lipinski definition) is 3. The van der Waals surface area contributed by atoms with E-state index in [9.17, 15) is 9.59 Å². The lowest BCUT2D eigenvalue weighted by molar-refractivity contribution is -0.118. The maximum atomic E-state index is 12.7. The smallest absolute Gasteiger partial charge is 0.251 e. The highest BCUT2D eigenvalue weighted by Gasteiger charge is 2.33. The van der Waals surface area contributed by atoms with Crippen LogP contribution >= 0.6 is 0 Å². The van der Waals surface area contributed by atoms with E-state index in [1.165, 1.54) is 0 Å². The van der Waals surface area contributed by atoms with Crippen LogP contribution in [0.5, 0.6) is 0 Å². The van der Waals surface area contributed by atoms with Crippen LogP contribution in [-0.4, -0.2) is 24.4 Å². The molecule has 1 heterocycles. The van der Waals surface area contributed by atoms with Crippen LogP contribution in [0.25, 0.3) is 0 Å². The number of nitrogens with one attached hydrogen (secondary N) is 1. The summed E-state index contributed by atoms with van der Waals surface area (Å²) in [5, 5.41) is 11.6. The molecule has 3 rings (SSSR count). The van der Waals surface area contributed by atoms with Crippen molar-refractivity contribution in [3.8, 4) is 6.07 Å². The van der Waals surface area contributed by atoms with Crippen LogP contribution < -0.4 is 10.2 Å². The molecule has 2 amide bonds. The lowest BCUT2D eigenvalue weighted by atomic mass is 10.1. The van der Waals surface area contributed by atoms with Crippen LogP contribution in [0, 0.1) is 25.2 Å². The molecule has 0 bridgehead atoms. The van der Waals surface area contributed by atoms with E-state index < -0.39 is 6.04 Å². The summed E-state index contributed by atoms with van der Waals surface area (Å²) in [5.74, 6) is -0.392. The predicted molar refractivity (Wildman–Crippen MR) is 95.3 cm³/mol. The number of carbonyl (C=O) groups excluding carboxylic acids is 2. The molecule has 5 nitrogen and oxygen atoms in total. The van der Waals surface area contributed by atoms with Gasteiger partial charge in [-0.25, -0.2) is 0 Å². The zero-order chi connectivity index (χ0) is 18.0. The minimum Gasteiger partial charge on any atom is -0.340 e. The van der Waals surface area contributed by atoms with Crippen molar-refractivity contribution in [1.29, 1.82) is 5.26 Å². The van der Waals surface area contributed by atoms with E-state index in [4.69, 9.17) is 5.26 Å². The SMILES string of the molecule is Cc1cc(C)cc(N2CCC(NC(=O)c3ccc(C#N)cc3)C2=O)c1. The van der Waals surface area contributed by atoms with Crippen molar-refractivity contribution in [2.75, 3.05) is 11.4 Å². The monoisotopic (exact) mass is 333 g/mol. The Morgan fingerprint density at radius 3 is 2.40 bits per heavy atom. The fraction of sp³-hybridized carbons (Fsp3) is 0.250. The quantitative estimate of drug-likeness (QED) is 0.938. The molecule has 2 aromatic rings. The number of rotatable bonds is 3. The van der Waals surface area contributed by atoms with Crippen LogP contribution in [-0.2, 0) is 4.79 Å². The first-order chi connectivity index (χ1) is 12.0. The Morgan fingerprint density at radius 1 is 1.16 bits per heavy atom. The molecule has 1 aliphatic rings. The highest BCUT2D eigenvalue weighted by molar-refractivity contribution is 6.04. The summed E-state index contributed by atoms with van der Waals surface area (Å²) < 4.78 is 0. The van der Waals surface area contributed by atoms with Crippen LogP contribution in [0.4, 0.5) is 5.69 Å². The van der Waals surface area contributed by atoms with Crippen LogP contribution in [0.1, 0.15) is 33.5 Å². The molecule has 1 fully saturated rings. The van der Waals surface area contributed by atoms with E-state index in [0.29, 0.717) is 24.1 Å². The number of benzene rings is 2. The van der Waals surface area contributed by atoms with Gasteiger partial charge in [-0.3, -0.25) is 9.59 Å². The number of amides is 2. The van der Waals surface area contributed by atoms with Crippen LogP contribution in [0.3, 0.4) is 0 Å². The van der Waals surface area contributed by atoms with Crippen molar-refractivity contribution in [1.82, 2.24) is 5.32 Å². The topological polar surface area (TPSA) is 73.2 Å². The maximum Gasteiger partial charge on any atom is 0.251 e. The molecule has 1 unspecified atom stereocenters. The van der Waals surface area contributed by atoms with Crippen molar-refractivity contribution >= 4 is 17.5 Å². The van der Waals surface area contributed by atoms with Crippen molar-refractivity contribution in [2.45, 2.75) is 26.3 Å². The molecular formula is C20H19N3O2.